The van der Waals surface area contributed by atoms with Crippen molar-refractivity contribution in [2.45, 2.75) is 25.9 Å². The van der Waals surface area contributed by atoms with Crippen molar-refractivity contribution >= 4 is 37.8 Å². The van der Waals surface area contributed by atoms with Gasteiger partial charge < -0.3 is 4.89 Å². The highest BCUT2D eigenvalue weighted by atomic mass is 32.7. The summed E-state index contributed by atoms with van der Waals surface area (Å²) in [5.41, 5.74) is 0. The first-order chi connectivity index (χ1) is 5.17. The third kappa shape index (κ3) is 4.28. The Balaban J connectivity index is 4.25. The molecule has 0 bridgehead atoms. The quantitative estimate of drug-likeness (QED) is 0.348. The van der Waals surface area contributed by atoms with Crippen molar-refractivity contribution in [1.29, 1.82) is 0 Å². The molecule has 4 nitrogen and oxygen atoms in total. The van der Waals surface area contributed by atoms with Gasteiger partial charge in [-0.05, 0) is 16.4 Å². The standard InChI is InChI=1S/C4H10O4P2S2/c1-4(2,3)10(6,12)8-7-9(5)11/h1-3H3,(H-,5,6,11,12)/p+1. The lowest BCUT2D eigenvalue weighted by atomic mass is 10.3. The lowest BCUT2D eigenvalue weighted by molar-refractivity contribution is -0.0902. The van der Waals surface area contributed by atoms with Crippen LogP contribution in [-0.2, 0) is 25.7 Å². The van der Waals surface area contributed by atoms with Crippen molar-refractivity contribution in [1.82, 2.24) is 0 Å². The van der Waals surface area contributed by atoms with Crippen LogP contribution in [0.5, 0.6) is 0 Å². The Morgan fingerprint density at radius 1 is 1.58 bits per heavy atom. The molecule has 0 saturated carbocycles. The van der Waals surface area contributed by atoms with Crippen molar-refractivity contribution < 1.29 is 18.8 Å². The molecule has 0 radical (unpaired) electrons. The largest absolute Gasteiger partial charge is 0.613 e. The van der Waals surface area contributed by atoms with Crippen molar-refractivity contribution in [2.75, 3.05) is 0 Å². The summed E-state index contributed by atoms with van der Waals surface area (Å²) in [7, 11) is -2.19. The molecule has 12 heavy (non-hydrogen) atoms. The van der Waals surface area contributed by atoms with Crippen LogP contribution in [0.15, 0.2) is 0 Å². The molecule has 2 unspecified atom stereocenters. The van der Waals surface area contributed by atoms with Gasteiger partial charge in [-0.2, -0.15) is 0 Å². The average Bonchev–Trinajstić information content (AvgIpc) is 1.81. The van der Waals surface area contributed by atoms with Crippen LogP contribution in [0, 0.1) is 0 Å². The molecular weight excluding hydrogens is 238 g/mol. The molecule has 0 heterocycles. The van der Waals surface area contributed by atoms with Gasteiger partial charge in [0.05, 0.1) is 0 Å². The maximum absolute atomic E-state index is 10.3. The number of hydrogen-bond donors (Lipinski definition) is 2. The van der Waals surface area contributed by atoms with Gasteiger partial charge in [-0.1, -0.05) is 20.8 Å². The lowest BCUT2D eigenvalue weighted by Gasteiger charge is -2.24. The first-order valence-electron chi connectivity index (χ1n) is 3.02. The highest BCUT2D eigenvalue weighted by Crippen LogP contribution is 2.57. The van der Waals surface area contributed by atoms with E-state index in [0.717, 1.165) is 0 Å². The normalized spacial score (nSPS) is 18.6. The molecule has 0 aliphatic heterocycles. The fourth-order valence-corrected chi connectivity index (χ4v) is 1.51. The first-order valence-corrected chi connectivity index (χ1v) is 8.02. The van der Waals surface area contributed by atoms with Gasteiger partial charge in [-0.25, -0.2) is 0 Å². The van der Waals surface area contributed by atoms with Crippen LogP contribution in [0.25, 0.3) is 0 Å². The van der Waals surface area contributed by atoms with Gasteiger partial charge in [0.15, 0.2) is 0 Å². The summed E-state index contributed by atoms with van der Waals surface area (Å²) in [5, 5.41) is -0.596. The second-order valence-electron chi connectivity index (χ2n) is 3.08. The fraction of sp³-hybridized carbons (Fsp3) is 1.00. The molecule has 0 aromatic carbocycles. The van der Waals surface area contributed by atoms with E-state index in [1.807, 2.05) is 0 Å². The number of thiol groups is 1. The van der Waals surface area contributed by atoms with E-state index in [1.54, 1.807) is 20.8 Å². The van der Waals surface area contributed by atoms with Gasteiger partial charge in [0.1, 0.15) is 12.2 Å². The van der Waals surface area contributed by atoms with Crippen molar-refractivity contribution in [3.63, 3.8) is 0 Å². The van der Waals surface area contributed by atoms with Gasteiger partial charge in [0.2, 0.25) is 6.49 Å². The Labute approximate surface area is 82.8 Å². The van der Waals surface area contributed by atoms with Crippen LogP contribution in [0.3, 0.4) is 0 Å². The second kappa shape index (κ2) is 4.47. The van der Waals surface area contributed by atoms with Crippen molar-refractivity contribution in [3.05, 3.63) is 0 Å². The second-order valence-corrected chi connectivity index (χ2v) is 8.70. The Morgan fingerprint density at radius 3 is 2.25 bits per heavy atom. The molecule has 2 atom stereocenters. The predicted octanol–water partition coefficient (Wildman–Crippen LogP) is 2.62. The third-order valence-electron chi connectivity index (χ3n) is 1.05. The summed E-state index contributed by atoms with van der Waals surface area (Å²) in [5.74, 6) is 0. The molecule has 0 amide bonds. The predicted molar refractivity (Wildman–Crippen MR) is 55.0 cm³/mol. The minimum atomic E-state index is -3.05. The first kappa shape index (κ1) is 13.0. The van der Waals surface area contributed by atoms with E-state index < -0.39 is 18.9 Å². The Morgan fingerprint density at radius 2 is 2.00 bits per heavy atom. The number of hydrogen-bond acceptors (Lipinski definition) is 4. The van der Waals surface area contributed by atoms with Gasteiger partial charge >= 0.3 is 7.23 Å². The molecule has 8 heteroatoms. The average molecular weight is 249 g/mol. The zero-order valence-corrected chi connectivity index (χ0v) is 10.4. The smallest absolute Gasteiger partial charge is 0.343 e. The molecule has 1 N–H and O–H groups in total. The van der Waals surface area contributed by atoms with Gasteiger partial charge in [0.25, 0.3) is 0 Å². The summed E-state index contributed by atoms with van der Waals surface area (Å²) in [6.07, 6.45) is 0. The summed E-state index contributed by atoms with van der Waals surface area (Å²) < 4.78 is 19.0. The van der Waals surface area contributed by atoms with E-state index in [4.69, 9.17) is 11.8 Å². The lowest BCUT2D eigenvalue weighted by Crippen LogP contribution is -2.15. The highest BCUT2D eigenvalue weighted by Gasteiger charge is 2.35. The molecule has 0 fully saturated rings. The monoisotopic (exact) mass is 249 g/mol. The van der Waals surface area contributed by atoms with Crippen molar-refractivity contribution in [2.24, 2.45) is 0 Å². The topological polar surface area (TPSA) is 55.8 Å². The van der Waals surface area contributed by atoms with Crippen LogP contribution < -0.4 is 0 Å². The molecule has 0 aromatic heterocycles. The van der Waals surface area contributed by atoms with Gasteiger partial charge in [0, 0.05) is 9.83 Å². The van der Waals surface area contributed by atoms with Crippen molar-refractivity contribution in [3.8, 4) is 0 Å². The number of rotatable bonds is 3. The molecule has 0 spiro atoms. The molecule has 0 aliphatic rings. The maximum atomic E-state index is 10.3. The minimum absolute atomic E-state index is 0.596. The maximum Gasteiger partial charge on any atom is 0.613 e. The van der Waals surface area contributed by atoms with Gasteiger partial charge in [-0.3, -0.25) is 0 Å². The van der Waals surface area contributed by atoms with E-state index in [1.165, 1.54) is 0 Å². The molecular formula is C4H11O4P2S2+. The summed E-state index contributed by atoms with van der Waals surface area (Å²) in [6.45, 7) is 2.08. The molecule has 0 aromatic rings. The van der Waals surface area contributed by atoms with E-state index in [-0.39, 0.29) is 0 Å². The van der Waals surface area contributed by atoms with E-state index in [2.05, 4.69) is 21.6 Å². The Bertz CT molecular complexity index is 224. The van der Waals surface area contributed by atoms with Crippen LogP contribution in [0.4, 0.5) is 0 Å². The molecule has 0 rings (SSSR count). The minimum Gasteiger partial charge on any atom is -0.343 e. The summed E-state index contributed by atoms with van der Waals surface area (Å²) in [4.78, 5) is 9.52. The zero-order valence-electron chi connectivity index (χ0n) is 6.92. The molecule has 72 valence electrons. The van der Waals surface area contributed by atoms with E-state index >= 15 is 0 Å². The fourth-order valence-electron chi connectivity index (χ4n) is 0.186. The van der Waals surface area contributed by atoms with Crippen LogP contribution >= 0.6 is 26.0 Å². The van der Waals surface area contributed by atoms with Crippen LogP contribution in [-0.4, -0.2) is 10.0 Å². The van der Waals surface area contributed by atoms with E-state index in [9.17, 15) is 9.46 Å². The summed E-state index contributed by atoms with van der Waals surface area (Å²) in [6, 6.07) is 0. The van der Waals surface area contributed by atoms with Crippen LogP contribution in [0.2, 0.25) is 0 Å². The highest BCUT2D eigenvalue weighted by molar-refractivity contribution is 8.39. The van der Waals surface area contributed by atoms with Crippen LogP contribution in [0.1, 0.15) is 20.8 Å². The summed E-state index contributed by atoms with van der Waals surface area (Å²) >= 11 is 8.18. The zero-order chi connectivity index (χ0) is 9.99. The third-order valence-corrected chi connectivity index (χ3v) is 5.36. The van der Waals surface area contributed by atoms with Gasteiger partial charge in [-0.15, -0.1) is 4.67 Å². The SMILES string of the molecule is CC(C)(C)P(O)(=S)OO[P+](=O)S. The van der Waals surface area contributed by atoms with E-state index in [0.29, 0.717) is 0 Å². The molecule has 0 aliphatic carbocycles. The molecule has 0 saturated heterocycles. The Kier molecular flexibility index (Phi) is 4.83. The Hall–Kier alpha value is 0.980.